The molecule has 0 saturated carbocycles. The van der Waals surface area contributed by atoms with Crippen molar-refractivity contribution in [1.82, 2.24) is 19.5 Å². The predicted octanol–water partition coefficient (Wildman–Crippen LogP) is 1.06. The molecular weight excluding hydrogens is 264 g/mol. The van der Waals surface area contributed by atoms with Crippen LogP contribution in [-0.2, 0) is 23.0 Å². The zero-order valence-electron chi connectivity index (χ0n) is 10.8. The molecule has 1 N–H and O–H groups in total. The largest absolute Gasteiger partial charge is 0.261 e. The second-order valence-electron chi connectivity index (χ2n) is 4.79. The lowest BCUT2D eigenvalue weighted by atomic mass is 10.0. The summed E-state index contributed by atoms with van der Waals surface area (Å²) < 4.78 is 25.8. The molecule has 0 fully saturated rings. The van der Waals surface area contributed by atoms with E-state index in [0.717, 1.165) is 23.0 Å². The SMILES string of the molecule is CCCS(=O)(=O)N1CCc2c(cnc3[nH]ncc23)C1. The van der Waals surface area contributed by atoms with Gasteiger partial charge in [-0.05, 0) is 24.0 Å². The number of pyridine rings is 1. The number of sulfonamides is 1. The normalized spacial score (nSPS) is 16.7. The van der Waals surface area contributed by atoms with E-state index in [1.54, 1.807) is 16.7 Å². The molecule has 2 aromatic rings. The molecule has 6 nitrogen and oxygen atoms in total. The highest BCUT2D eigenvalue weighted by Crippen LogP contribution is 2.26. The highest BCUT2D eigenvalue weighted by atomic mass is 32.2. The van der Waals surface area contributed by atoms with Crippen molar-refractivity contribution in [3.8, 4) is 0 Å². The maximum Gasteiger partial charge on any atom is 0.214 e. The first-order valence-electron chi connectivity index (χ1n) is 6.39. The number of aromatic nitrogens is 3. The average Bonchev–Trinajstić information content (AvgIpc) is 2.86. The molecule has 1 aliphatic heterocycles. The number of aromatic amines is 1. The van der Waals surface area contributed by atoms with Gasteiger partial charge in [0.05, 0.1) is 11.9 Å². The molecule has 1 aliphatic rings. The quantitative estimate of drug-likeness (QED) is 0.911. The molecule has 0 radical (unpaired) electrons. The van der Waals surface area contributed by atoms with Crippen molar-refractivity contribution >= 4 is 21.1 Å². The van der Waals surface area contributed by atoms with Crippen molar-refractivity contribution in [2.24, 2.45) is 0 Å². The van der Waals surface area contributed by atoms with Crippen molar-refractivity contribution in [3.05, 3.63) is 23.5 Å². The predicted molar refractivity (Wildman–Crippen MR) is 72.1 cm³/mol. The van der Waals surface area contributed by atoms with Crippen molar-refractivity contribution in [2.45, 2.75) is 26.3 Å². The Kier molecular flexibility index (Phi) is 3.02. The number of nitrogens with one attached hydrogen (secondary N) is 1. The fourth-order valence-corrected chi connectivity index (χ4v) is 4.03. The van der Waals surface area contributed by atoms with E-state index < -0.39 is 10.0 Å². The van der Waals surface area contributed by atoms with Crippen LogP contribution in [0.3, 0.4) is 0 Å². The fourth-order valence-electron chi connectivity index (χ4n) is 2.55. The van der Waals surface area contributed by atoms with Crippen LogP contribution in [0.25, 0.3) is 11.0 Å². The Morgan fingerprint density at radius 3 is 3.05 bits per heavy atom. The Balaban J connectivity index is 1.96. The summed E-state index contributed by atoms with van der Waals surface area (Å²) in [5.41, 5.74) is 2.92. The van der Waals surface area contributed by atoms with Gasteiger partial charge in [0, 0.05) is 24.7 Å². The van der Waals surface area contributed by atoms with Crippen LogP contribution in [0, 0.1) is 0 Å². The molecule has 2 aromatic heterocycles. The van der Waals surface area contributed by atoms with Gasteiger partial charge in [-0.25, -0.2) is 13.4 Å². The molecule has 0 saturated heterocycles. The van der Waals surface area contributed by atoms with Crippen LogP contribution in [0.4, 0.5) is 0 Å². The lowest BCUT2D eigenvalue weighted by molar-refractivity contribution is 0.391. The number of fused-ring (bicyclic) bond motifs is 3. The number of hydrogen-bond acceptors (Lipinski definition) is 4. The first-order valence-corrected chi connectivity index (χ1v) is 8.00. The van der Waals surface area contributed by atoms with E-state index in [9.17, 15) is 8.42 Å². The third kappa shape index (κ3) is 2.12. The van der Waals surface area contributed by atoms with Crippen LogP contribution < -0.4 is 0 Å². The van der Waals surface area contributed by atoms with Gasteiger partial charge in [-0.1, -0.05) is 6.92 Å². The van der Waals surface area contributed by atoms with Crippen molar-refractivity contribution < 1.29 is 8.42 Å². The highest BCUT2D eigenvalue weighted by molar-refractivity contribution is 7.89. The van der Waals surface area contributed by atoms with Gasteiger partial charge in [0.25, 0.3) is 0 Å². The van der Waals surface area contributed by atoms with Gasteiger partial charge in [0.1, 0.15) is 0 Å². The van der Waals surface area contributed by atoms with Crippen molar-refractivity contribution in [2.75, 3.05) is 12.3 Å². The summed E-state index contributed by atoms with van der Waals surface area (Å²) in [5.74, 6) is 0.212. The molecule has 0 atom stereocenters. The van der Waals surface area contributed by atoms with E-state index in [2.05, 4.69) is 15.2 Å². The minimum atomic E-state index is -3.13. The third-order valence-electron chi connectivity index (χ3n) is 3.49. The molecule has 0 amide bonds. The minimum absolute atomic E-state index is 0.212. The Hall–Kier alpha value is -1.47. The topological polar surface area (TPSA) is 79.0 Å². The Labute approximate surface area is 111 Å². The van der Waals surface area contributed by atoms with Gasteiger partial charge in [0.15, 0.2) is 5.65 Å². The van der Waals surface area contributed by atoms with Crippen LogP contribution in [0.1, 0.15) is 24.5 Å². The van der Waals surface area contributed by atoms with E-state index in [-0.39, 0.29) is 5.75 Å². The number of rotatable bonds is 3. The monoisotopic (exact) mass is 280 g/mol. The van der Waals surface area contributed by atoms with Crippen LogP contribution in [-0.4, -0.2) is 40.2 Å². The average molecular weight is 280 g/mol. The smallest absolute Gasteiger partial charge is 0.214 e. The molecule has 3 heterocycles. The molecule has 0 aliphatic carbocycles. The molecular formula is C12H16N4O2S. The summed E-state index contributed by atoms with van der Waals surface area (Å²) in [6.45, 7) is 2.84. The summed E-state index contributed by atoms with van der Waals surface area (Å²) in [7, 11) is -3.13. The Bertz CT molecular complexity index is 708. The maximum atomic E-state index is 12.1. The standard InChI is InChI=1S/C12H16N4O2S/c1-2-5-19(17,18)16-4-3-10-9(8-16)6-13-12-11(10)7-14-15-12/h6-7H,2-5,8H2,1H3,(H,13,14,15). The van der Waals surface area contributed by atoms with Crippen LogP contribution in [0.15, 0.2) is 12.4 Å². The summed E-state index contributed by atoms with van der Waals surface area (Å²) in [5, 5.41) is 7.83. The zero-order valence-corrected chi connectivity index (χ0v) is 11.6. The Morgan fingerprint density at radius 2 is 2.26 bits per heavy atom. The highest BCUT2D eigenvalue weighted by Gasteiger charge is 2.27. The molecule has 0 spiro atoms. The van der Waals surface area contributed by atoms with Gasteiger partial charge in [0.2, 0.25) is 10.0 Å². The van der Waals surface area contributed by atoms with E-state index in [1.807, 2.05) is 6.92 Å². The Morgan fingerprint density at radius 1 is 1.42 bits per heavy atom. The van der Waals surface area contributed by atoms with Crippen molar-refractivity contribution in [1.29, 1.82) is 0 Å². The van der Waals surface area contributed by atoms with Crippen LogP contribution in [0.5, 0.6) is 0 Å². The second-order valence-corrected chi connectivity index (χ2v) is 6.88. The number of hydrogen-bond donors (Lipinski definition) is 1. The van der Waals surface area contributed by atoms with Gasteiger partial charge in [-0.3, -0.25) is 5.10 Å². The first-order chi connectivity index (χ1) is 9.12. The van der Waals surface area contributed by atoms with Gasteiger partial charge < -0.3 is 0 Å². The summed E-state index contributed by atoms with van der Waals surface area (Å²) in [6, 6.07) is 0. The zero-order chi connectivity index (χ0) is 13.5. The van der Waals surface area contributed by atoms with E-state index in [0.29, 0.717) is 19.5 Å². The third-order valence-corrected chi connectivity index (χ3v) is 5.52. The molecule has 0 aromatic carbocycles. The lowest BCUT2D eigenvalue weighted by Gasteiger charge is -2.28. The molecule has 0 bridgehead atoms. The maximum absolute atomic E-state index is 12.1. The molecule has 0 unspecified atom stereocenters. The molecule has 7 heteroatoms. The number of nitrogens with zero attached hydrogens (tertiary/aromatic N) is 3. The van der Waals surface area contributed by atoms with Gasteiger partial charge in [-0.15, -0.1) is 0 Å². The van der Waals surface area contributed by atoms with Crippen LogP contribution >= 0.6 is 0 Å². The molecule has 102 valence electrons. The molecule has 3 rings (SSSR count). The summed E-state index contributed by atoms with van der Waals surface area (Å²) in [6.07, 6.45) is 4.88. The summed E-state index contributed by atoms with van der Waals surface area (Å²) >= 11 is 0. The van der Waals surface area contributed by atoms with Crippen molar-refractivity contribution in [3.63, 3.8) is 0 Å². The fraction of sp³-hybridized carbons (Fsp3) is 0.500. The van der Waals surface area contributed by atoms with E-state index >= 15 is 0 Å². The summed E-state index contributed by atoms with van der Waals surface area (Å²) in [4.78, 5) is 4.28. The second kappa shape index (κ2) is 4.57. The first kappa shape index (κ1) is 12.6. The van der Waals surface area contributed by atoms with Gasteiger partial charge in [-0.2, -0.15) is 9.40 Å². The van der Waals surface area contributed by atoms with Gasteiger partial charge >= 0.3 is 0 Å². The van der Waals surface area contributed by atoms with E-state index in [4.69, 9.17) is 0 Å². The minimum Gasteiger partial charge on any atom is -0.261 e. The van der Waals surface area contributed by atoms with Crippen LogP contribution in [0.2, 0.25) is 0 Å². The number of H-pyrrole nitrogens is 1. The van der Waals surface area contributed by atoms with E-state index in [1.165, 1.54) is 5.56 Å². The molecule has 19 heavy (non-hydrogen) atoms. The lowest BCUT2D eigenvalue weighted by Crippen LogP contribution is -2.37.